The summed E-state index contributed by atoms with van der Waals surface area (Å²) in [6.45, 7) is 2.11. The van der Waals surface area contributed by atoms with Crippen LogP contribution in [0.2, 0.25) is 0 Å². The van der Waals surface area contributed by atoms with E-state index in [4.69, 9.17) is 0 Å². The highest BCUT2D eigenvalue weighted by molar-refractivity contribution is 5.44. The molecule has 0 spiro atoms. The van der Waals surface area contributed by atoms with Gasteiger partial charge in [-0.2, -0.15) is 0 Å². The molecule has 0 N–H and O–H groups in total. The highest BCUT2D eigenvalue weighted by Crippen LogP contribution is 2.41. The van der Waals surface area contributed by atoms with Crippen LogP contribution in [0.15, 0.2) is 24.4 Å². The molecule has 1 aliphatic rings. The van der Waals surface area contributed by atoms with Gasteiger partial charge in [-0.05, 0) is 31.9 Å². The summed E-state index contributed by atoms with van der Waals surface area (Å²) in [5.41, 5.74) is 3.71. The largest absolute Gasteiger partial charge is 0.304 e. The number of hydrogen-bond donors (Lipinski definition) is 0. The number of rotatable bonds is 1. The molecular formula is C11H12N2. The van der Waals surface area contributed by atoms with Crippen LogP contribution in [-0.2, 0) is 0 Å². The minimum absolute atomic E-state index is 0.775. The van der Waals surface area contributed by atoms with Crippen molar-refractivity contribution in [3.05, 3.63) is 35.8 Å². The van der Waals surface area contributed by atoms with E-state index in [1.54, 1.807) is 0 Å². The Bertz CT molecular complexity index is 452. The van der Waals surface area contributed by atoms with Gasteiger partial charge in [0.25, 0.3) is 0 Å². The zero-order valence-electron chi connectivity index (χ0n) is 7.70. The first-order valence-electron chi connectivity index (χ1n) is 4.80. The van der Waals surface area contributed by atoms with Crippen molar-refractivity contribution in [1.29, 1.82) is 0 Å². The van der Waals surface area contributed by atoms with Gasteiger partial charge in [0.15, 0.2) is 0 Å². The predicted molar refractivity (Wildman–Crippen MR) is 51.9 cm³/mol. The summed E-state index contributed by atoms with van der Waals surface area (Å²) in [6, 6.07) is 6.18. The summed E-state index contributed by atoms with van der Waals surface area (Å²) < 4.78 is 2.23. The summed E-state index contributed by atoms with van der Waals surface area (Å²) in [6.07, 6.45) is 4.79. The molecule has 1 saturated carbocycles. The maximum absolute atomic E-state index is 4.54. The third-order valence-electron chi connectivity index (χ3n) is 2.71. The van der Waals surface area contributed by atoms with Crippen molar-refractivity contribution in [1.82, 2.24) is 9.38 Å². The lowest BCUT2D eigenvalue weighted by molar-refractivity contribution is 0.966. The SMILES string of the molecule is Cc1nc2ccccn2c1C1CC1. The van der Waals surface area contributed by atoms with Crippen LogP contribution >= 0.6 is 0 Å². The first-order chi connectivity index (χ1) is 6.36. The molecule has 3 rings (SSSR count). The van der Waals surface area contributed by atoms with Crippen molar-refractivity contribution in [2.75, 3.05) is 0 Å². The van der Waals surface area contributed by atoms with E-state index in [-0.39, 0.29) is 0 Å². The Morgan fingerprint density at radius 3 is 3.00 bits per heavy atom. The Hall–Kier alpha value is -1.31. The number of imidazole rings is 1. The molecule has 0 unspecified atom stereocenters. The Labute approximate surface area is 77.2 Å². The van der Waals surface area contributed by atoms with Crippen molar-refractivity contribution < 1.29 is 0 Å². The van der Waals surface area contributed by atoms with Crippen LogP contribution in [0, 0.1) is 6.92 Å². The molecule has 0 saturated heterocycles. The van der Waals surface area contributed by atoms with Crippen molar-refractivity contribution in [3.8, 4) is 0 Å². The zero-order chi connectivity index (χ0) is 8.84. The van der Waals surface area contributed by atoms with Crippen LogP contribution in [0.3, 0.4) is 0 Å². The van der Waals surface area contributed by atoms with Crippen molar-refractivity contribution >= 4 is 5.65 Å². The first kappa shape index (κ1) is 7.13. The molecule has 0 bridgehead atoms. The van der Waals surface area contributed by atoms with Crippen LogP contribution in [-0.4, -0.2) is 9.38 Å². The van der Waals surface area contributed by atoms with Crippen LogP contribution in [0.5, 0.6) is 0 Å². The maximum atomic E-state index is 4.54. The molecule has 0 amide bonds. The van der Waals surface area contributed by atoms with Crippen LogP contribution in [0.25, 0.3) is 5.65 Å². The molecule has 66 valence electrons. The maximum Gasteiger partial charge on any atom is 0.137 e. The Morgan fingerprint density at radius 1 is 1.38 bits per heavy atom. The summed E-state index contributed by atoms with van der Waals surface area (Å²) in [5.74, 6) is 0.775. The molecule has 2 aromatic rings. The lowest BCUT2D eigenvalue weighted by atomic mass is 10.2. The summed E-state index contributed by atoms with van der Waals surface area (Å²) in [5, 5.41) is 0. The zero-order valence-corrected chi connectivity index (χ0v) is 7.70. The highest BCUT2D eigenvalue weighted by atomic mass is 15.0. The van der Waals surface area contributed by atoms with Gasteiger partial charge in [0.1, 0.15) is 5.65 Å². The molecule has 0 atom stereocenters. The molecule has 2 heteroatoms. The average Bonchev–Trinajstić information content (AvgIpc) is 2.88. The second-order valence-electron chi connectivity index (χ2n) is 3.79. The Balaban J connectivity index is 2.35. The van der Waals surface area contributed by atoms with Crippen LogP contribution in [0.1, 0.15) is 30.1 Å². The quantitative estimate of drug-likeness (QED) is 0.646. The standard InChI is InChI=1S/C11H12N2/c1-8-11(9-5-6-9)13-7-3-2-4-10(13)12-8/h2-4,7,9H,5-6H2,1H3. The molecular weight excluding hydrogens is 160 g/mol. The van der Waals surface area contributed by atoms with Gasteiger partial charge in [-0.25, -0.2) is 4.98 Å². The topological polar surface area (TPSA) is 17.3 Å². The van der Waals surface area contributed by atoms with E-state index >= 15 is 0 Å². The third kappa shape index (κ3) is 0.981. The van der Waals surface area contributed by atoms with Crippen molar-refractivity contribution in [3.63, 3.8) is 0 Å². The lowest BCUT2D eigenvalue weighted by Crippen LogP contribution is -1.90. The molecule has 2 heterocycles. The van der Waals surface area contributed by atoms with Gasteiger partial charge < -0.3 is 4.40 Å². The van der Waals surface area contributed by atoms with Crippen molar-refractivity contribution in [2.24, 2.45) is 0 Å². The molecule has 0 aliphatic heterocycles. The number of nitrogens with zero attached hydrogens (tertiary/aromatic N) is 2. The summed E-state index contributed by atoms with van der Waals surface area (Å²) >= 11 is 0. The second-order valence-corrected chi connectivity index (χ2v) is 3.79. The van der Waals surface area contributed by atoms with E-state index in [0.29, 0.717) is 0 Å². The van der Waals surface area contributed by atoms with E-state index < -0.39 is 0 Å². The minimum atomic E-state index is 0.775. The van der Waals surface area contributed by atoms with Gasteiger partial charge >= 0.3 is 0 Å². The van der Waals surface area contributed by atoms with Gasteiger partial charge in [-0.1, -0.05) is 6.07 Å². The minimum Gasteiger partial charge on any atom is -0.304 e. The molecule has 0 aromatic carbocycles. The Kier molecular flexibility index (Phi) is 1.29. The predicted octanol–water partition coefficient (Wildman–Crippen LogP) is 2.52. The van der Waals surface area contributed by atoms with Crippen molar-refractivity contribution in [2.45, 2.75) is 25.7 Å². The molecule has 2 aromatic heterocycles. The highest BCUT2D eigenvalue weighted by Gasteiger charge is 2.28. The first-order valence-corrected chi connectivity index (χ1v) is 4.80. The second kappa shape index (κ2) is 2.34. The van der Waals surface area contributed by atoms with E-state index in [0.717, 1.165) is 11.6 Å². The number of hydrogen-bond acceptors (Lipinski definition) is 1. The van der Waals surface area contributed by atoms with Crippen LogP contribution < -0.4 is 0 Å². The lowest BCUT2D eigenvalue weighted by Gasteiger charge is -1.98. The monoisotopic (exact) mass is 172 g/mol. The van der Waals surface area contributed by atoms with Crippen LogP contribution in [0.4, 0.5) is 0 Å². The van der Waals surface area contributed by atoms with Gasteiger partial charge in [0, 0.05) is 17.8 Å². The number of aromatic nitrogens is 2. The normalized spacial score (nSPS) is 16.7. The molecule has 2 nitrogen and oxygen atoms in total. The number of aryl methyl sites for hydroxylation is 1. The Morgan fingerprint density at radius 2 is 2.23 bits per heavy atom. The smallest absolute Gasteiger partial charge is 0.137 e. The molecule has 1 aliphatic carbocycles. The van der Waals surface area contributed by atoms with Gasteiger partial charge in [0.05, 0.1) is 5.69 Å². The van der Waals surface area contributed by atoms with Gasteiger partial charge in [0.2, 0.25) is 0 Å². The number of pyridine rings is 1. The number of fused-ring (bicyclic) bond motifs is 1. The fraction of sp³-hybridized carbons (Fsp3) is 0.364. The van der Waals surface area contributed by atoms with Gasteiger partial charge in [-0.3, -0.25) is 0 Å². The molecule has 13 heavy (non-hydrogen) atoms. The fourth-order valence-corrected chi connectivity index (χ4v) is 1.98. The third-order valence-corrected chi connectivity index (χ3v) is 2.71. The molecule has 0 radical (unpaired) electrons. The van der Waals surface area contributed by atoms with E-state index in [9.17, 15) is 0 Å². The molecule has 1 fully saturated rings. The average molecular weight is 172 g/mol. The van der Waals surface area contributed by atoms with E-state index in [2.05, 4.69) is 34.6 Å². The van der Waals surface area contributed by atoms with E-state index in [1.807, 2.05) is 6.07 Å². The van der Waals surface area contributed by atoms with Gasteiger partial charge in [-0.15, -0.1) is 0 Å². The van der Waals surface area contributed by atoms with E-state index in [1.165, 1.54) is 24.2 Å². The fourth-order valence-electron chi connectivity index (χ4n) is 1.98. The summed E-state index contributed by atoms with van der Waals surface area (Å²) in [7, 11) is 0. The summed E-state index contributed by atoms with van der Waals surface area (Å²) in [4.78, 5) is 4.54.